The van der Waals surface area contributed by atoms with Gasteiger partial charge in [0.25, 0.3) is 0 Å². The lowest BCUT2D eigenvalue weighted by molar-refractivity contribution is -0.138. The van der Waals surface area contributed by atoms with Crippen molar-refractivity contribution in [1.29, 1.82) is 0 Å². The minimum Gasteiger partial charge on any atom is -0.493 e. The molecule has 192 valence electrons. The number of aromatic nitrogens is 2. The molecule has 1 aromatic heterocycles. The zero-order valence-corrected chi connectivity index (χ0v) is 20.9. The van der Waals surface area contributed by atoms with Crippen molar-refractivity contribution in [3.05, 3.63) is 47.5 Å². The van der Waals surface area contributed by atoms with E-state index in [0.717, 1.165) is 0 Å². The van der Waals surface area contributed by atoms with Gasteiger partial charge in [0.05, 0.1) is 36.6 Å². The van der Waals surface area contributed by atoms with Crippen molar-refractivity contribution in [2.45, 2.75) is 18.9 Å². The van der Waals surface area contributed by atoms with Gasteiger partial charge in [-0.3, -0.25) is 4.79 Å². The number of hydrogen-bond donors (Lipinski definition) is 1. The quantitative estimate of drug-likeness (QED) is 0.399. The number of ether oxygens (including phenoxy) is 4. The maximum Gasteiger partial charge on any atom is 0.248 e. The van der Waals surface area contributed by atoms with E-state index in [-0.39, 0.29) is 29.3 Å². The van der Waals surface area contributed by atoms with Crippen LogP contribution in [0.1, 0.15) is 12.8 Å². The van der Waals surface area contributed by atoms with Crippen molar-refractivity contribution in [1.82, 2.24) is 14.9 Å². The SMILES string of the molecule is COCCOCC(=O)N1CCC(Oc2cc3ncnc(Nc4cccc(Cl)c4F)c3cc2OC)CC1. The van der Waals surface area contributed by atoms with E-state index in [4.69, 9.17) is 30.5 Å². The van der Waals surface area contributed by atoms with Crippen LogP contribution in [0, 0.1) is 5.82 Å². The predicted octanol–water partition coefficient (Wildman–Crippen LogP) is 4.21. The highest BCUT2D eigenvalue weighted by atomic mass is 35.5. The minimum atomic E-state index is -0.566. The van der Waals surface area contributed by atoms with Gasteiger partial charge in [0, 0.05) is 44.5 Å². The monoisotopic (exact) mass is 518 g/mol. The van der Waals surface area contributed by atoms with Crippen molar-refractivity contribution in [3.8, 4) is 11.5 Å². The van der Waals surface area contributed by atoms with Gasteiger partial charge in [0.1, 0.15) is 24.9 Å². The number of fused-ring (bicyclic) bond motifs is 1. The van der Waals surface area contributed by atoms with Gasteiger partial charge in [-0.05, 0) is 18.2 Å². The van der Waals surface area contributed by atoms with Gasteiger partial charge < -0.3 is 29.2 Å². The summed E-state index contributed by atoms with van der Waals surface area (Å²) in [4.78, 5) is 22.7. The topological polar surface area (TPSA) is 95.0 Å². The van der Waals surface area contributed by atoms with Crippen molar-refractivity contribution < 1.29 is 28.1 Å². The molecule has 4 rings (SSSR count). The second-order valence-electron chi connectivity index (χ2n) is 8.21. The Kier molecular flexibility index (Phi) is 8.74. The molecule has 0 saturated carbocycles. The molecule has 1 N–H and O–H groups in total. The summed E-state index contributed by atoms with van der Waals surface area (Å²) < 4.78 is 36.5. The molecule has 1 saturated heterocycles. The highest BCUT2D eigenvalue weighted by molar-refractivity contribution is 6.31. The second-order valence-corrected chi connectivity index (χ2v) is 8.62. The van der Waals surface area contributed by atoms with Crippen LogP contribution in [0.5, 0.6) is 11.5 Å². The van der Waals surface area contributed by atoms with Crippen LogP contribution in [0.3, 0.4) is 0 Å². The summed E-state index contributed by atoms with van der Waals surface area (Å²) in [5, 5.41) is 3.63. The first kappa shape index (κ1) is 25.9. The number of halogens is 2. The van der Waals surface area contributed by atoms with Crippen LogP contribution in [0.15, 0.2) is 36.7 Å². The Labute approximate surface area is 213 Å². The zero-order chi connectivity index (χ0) is 25.5. The number of likely N-dealkylation sites (tertiary alicyclic amines) is 1. The third kappa shape index (κ3) is 6.13. The zero-order valence-electron chi connectivity index (χ0n) is 20.1. The molecule has 0 atom stereocenters. The number of hydrogen-bond acceptors (Lipinski definition) is 8. The number of rotatable bonds is 10. The molecule has 1 fully saturated rings. The van der Waals surface area contributed by atoms with Crippen molar-refractivity contribution in [3.63, 3.8) is 0 Å². The molecular formula is C25H28ClFN4O5. The lowest BCUT2D eigenvalue weighted by Gasteiger charge is -2.32. The number of carbonyl (C=O) groups excluding carboxylic acids is 1. The fraction of sp³-hybridized carbons (Fsp3) is 0.400. The van der Waals surface area contributed by atoms with Crippen LogP contribution < -0.4 is 14.8 Å². The highest BCUT2D eigenvalue weighted by Gasteiger charge is 2.25. The van der Waals surface area contributed by atoms with Crippen LogP contribution >= 0.6 is 11.6 Å². The van der Waals surface area contributed by atoms with Crippen LogP contribution in [-0.4, -0.2) is 74.0 Å². The summed E-state index contributed by atoms with van der Waals surface area (Å²) in [6.07, 6.45) is 2.66. The molecule has 1 aliphatic rings. The largest absolute Gasteiger partial charge is 0.493 e. The van der Waals surface area contributed by atoms with E-state index in [1.54, 1.807) is 43.4 Å². The highest BCUT2D eigenvalue weighted by Crippen LogP contribution is 2.36. The molecule has 2 aromatic carbocycles. The Bertz CT molecular complexity index is 1210. The van der Waals surface area contributed by atoms with E-state index >= 15 is 0 Å². The van der Waals surface area contributed by atoms with Gasteiger partial charge in [-0.25, -0.2) is 14.4 Å². The van der Waals surface area contributed by atoms with Crippen molar-refractivity contribution in [2.75, 3.05) is 52.4 Å². The van der Waals surface area contributed by atoms with Crippen molar-refractivity contribution >= 4 is 39.9 Å². The molecule has 9 nitrogen and oxygen atoms in total. The van der Waals surface area contributed by atoms with Crippen LogP contribution in [-0.2, 0) is 14.3 Å². The van der Waals surface area contributed by atoms with Gasteiger partial charge >= 0.3 is 0 Å². The summed E-state index contributed by atoms with van der Waals surface area (Å²) >= 11 is 5.90. The fourth-order valence-electron chi connectivity index (χ4n) is 3.94. The average Bonchev–Trinajstić information content (AvgIpc) is 2.89. The maximum atomic E-state index is 14.4. The number of amides is 1. The summed E-state index contributed by atoms with van der Waals surface area (Å²) in [6, 6.07) is 8.23. The Morgan fingerprint density at radius 1 is 1.17 bits per heavy atom. The number of benzene rings is 2. The summed E-state index contributed by atoms with van der Waals surface area (Å²) in [6.45, 7) is 2.04. The molecule has 0 aliphatic carbocycles. The molecule has 3 aromatic rings. The number of anilines is 2. The summed E-state index contributed by atoms with van der Waals surface area (Å²) in [5.74, 6) is 0.837. The van der Waals surface area contributed by atoms with Crippen LogP contribution in [0.25, 0.3) is 10.9 Å². The number of methoxy groups -OCH3 is 2. The summed E-state index contributed by atoms with van der Waals surface area (Å²) in [7, 11) is 3.14. The molecule has 0 unspecified atom stereocenters. The Balaban J connectivity index is 1.44. The van der Waals surface area contributed by atoms with Gasteiger partial charge in [0.2, 0.25) is 5.91 Å². The first-order chi connectivity index (χ1) is 17.5. The first-order valence-corrected chi connectivity index (χ1v) is 11.9. The normalized spacial score (nSPS) is 14.2. The smallest absolute Gasteiger partial charge is 0.248 e. The third-order valence-corrected chi connectivity index (χ3v) is 6.16. The number of nitrogens with one attached hydrogen (secondary N) is 1. The van der Waals surface area contributed by atoms with E-state index in [9.17, 15) is 9.18 Å². The average molecular weight is 519 g/mol. The fourth-order valence-corrected chi connectivity index (χ4v) is 4.11. The van der Waals surface area contributed by atoms with Crippen LogP contribution in [0.2, 0.25) is 5.02 Å². The van der Waals surface area contributed by atoms with Gasteiger partial charge in [-0.1, -0.05) is 17.7 Å². The van der Waals surface area contributed by atoms with Gasteiger partial charge in [-0.2, -0.15) is 0 Å². The Morgan fingerprint density at radius 3 is 2.72 bits per heavy atom. The molecular weight excluding hydrogens is 491 g/mol. The lowest BCUT2D eigenvalue weighted by Crippen LogP contribution is -2.43. The van der Waals surface area contributed by atoms with Crippen LogP contribution in [0.4, 0.5) is 15.9 Å². The van der Waals surface area contributed by atoms with E-state index in [1.165, 1.54) is 12.4 Å². The maximum absolute atomic E-state index is 14.4. The van der Waals surface area contributed by atoms with E-state index < -0.39 is 5.82 Å². The van der Waals surface area contributed by atoms with Gasteiger partial charge in [0.15, 0.2) is 17.3 Å². The number of nitrogens with zero attached hydrogens (tertiary/aromatic N) is 3. The summed E-state index contributed by atoms with van der Waals surface area (Å²) in [5.41, 5.74) is 0.804. The first-order valence-electron chi connectivity index (χ1n) is 11.5. The third-order valence-electron chi connectivity index (χ3n) is 5.87. The van der Waals surface area contributed by atoms with Gasteiger partial charge in [-0.15, -0.1) is 0 Å². The molecule has 36 heavy (non-hydrogen) atoms. The molecule has 0 bridgehead atoms. The second kappa shape index (κ2) is 12.2. The molecule has 2 heterocycles. The number of piperidine rings is 1. The lowest BCUT2D eigenvalue weighted by atomic mass is 10.1. The Morgan fingerprint density at radius 2 is 1.97 bits per heavy atom. The molecule has 0 radical (unpaired) electrons. The molecule has 11 heteroatoms. The molecule has 0 spiro atoms. The Hall–Kier alpha value is -3.21. The minimum absolute atomic E-state index is 0.0120. The van der Waals surface area contributed by atoms with E-state index in [0.29, 0.717) is 67.4 Å². The van der Waals surface area contributed by atoms with E-state index in [1.807, 2.05) is 0 Å². The molecule has 1 amide bonds. The number of carbonyl (C=O) groups is 1. The molecule has 1 aliphatic heterocycles. The van der Waals surface area contributed by atoms with Crippen molar-refractivity contribution in [2.24, 2.45) is 0 Å². The standard InChI is InChI=1S/C25H28ClFN4O5/c1-33-10-11-35-14-23(32)31-8-6-16(7-9-31)36-22-13-20-17(12-21(22)34-2)25(29-15-28-20)30-19-5-3-4-18(26)24(19)27/h3-5,12-13,15-16H,6-11,14H2,1-2H3,(H,28,29,30). The predicted molar refractivity (Wildman–Crippen MR) is 134 cm³/mol. The van der Waals surface area contributed by atoms with E-state index in [2.05, 4.69) is 15.3 Å².